The van der Waals surface area contributed by atoms with Crippen molar-refractivity contribution in [3.05, 3.63) is 0 Å². The number of rotatable bonds is 3. The second-order valence-electron chi connectivity index (χ2n) is 5.36. The smallest absolute Gasteiger partial charge is 0.329 e. The first-order valence-corrected chi connectivity index (χ1v) is 6.88. The fourth-order valence-corrected chi connectivity index (χ4v) is 3.07. The summed E-state index contributed by atoms with van der Waals surface area (Å²) in [6.45, 7) is 3.57. The van der Waals surface area contributed by atoms with Crippen LogP contribution in [0.4, 0.5) is 4.79 Å². The number of aliphatic carboxylic acids is 1. The molecule has 0 saturated carbocycles. The summed E-state index contributed by atoms with van der Waals surface area (Å²) in [4.78, 5) is 27.3. The van der Waals surface area contributed by atoms with E-state index in [-0.39, 0.29) is 12.1 Å². The Morgan fingerprint density at radius 2 is 2.26 bits per heavy atom. The quantitative estimate of drug-likeness (QED) is 0.835. The van der Waals surface area contributed by atoms with Crippen molar-refractivity contribution >= 4 is 12.0 Å². The molecule has 2 fully saturated rings. The number of likely N-dealkylation sites (tertiary alicyclic amines) is 1. The van der Waals surface area contributed by atoms with Gasteiger partial charge in [0.2, 0.25) is 0 Å². The highest BCUT2D eigenvalue weighted by molar-refractivity contribution is 5.87. The molecule has 2 saturated heterocycles. The number of nitrogens with zero attached hydrogens (tertiary/aromatic N) is 2. The first kappa shape index (κ1) is 14.1. The summed E-state index contributed by atoms with van der Waals surface area (Å²) in [6.07, 6.45) is 2.56. The molecule has 1 N–H and O–H groups in total. The van der Waals surface area contributed by atoms with Gasteiger partial charge in [0.15, 0.2) is 0 Å². The molecular formula is C13H22N2O4. The second-order valence-corrected chi connectivity index (χ2v) is 5.36. The Morgan fingerprint density at radius 1 is 1.53 bits per heavy atom. The molecule has 0 aliphatic carbocycles. The Hall–Kier alpha value is -1.30. The van der Waals surface area contributed by atoms with Crippen LogP contribution in [0.1, 0.15) is 32.6 Å². The topological polar surface area (TPSA) is 70.1 Å². The predicted octanol–water partition coefficient (Wildman–Crippen LogP) is 1.16. The third kappa shape index (κ3) is 2.29. The maximum Gasteiger partial charge on any atom is 0.329 e. The van der Waals surface area contributed by atoms with E-state index in [1.54, 1.807) is 11.9 Å². The third-order valence-corrected chi connectivity index (χ3v) is 4.46. The molecule has 0 spiro atoms. The van der Waals surface area contributed by atoms with Gasteiger partial charge in [-0.2, -0.15) is 0 Å². The number of ether oxygens (including phenoxy) is 1. The minimum atomic E-state index is -1.02. The molecule has 0 radical (unpaired) electrons. The highest BCUT2D eigenvalue weighted by Gasteiger charge is 2.49. The molecule has 108 valence electrons. The van der Waals surface area contributed by atoms with E-state index in [1.165, 1.54) is 4.90 Å². The molecule has 0 bridgehead atoms. The van der Waals surface area contributed by atoms with E-state index in [0.717, 1.165) is 12.8 Å². The Morgan fingerprint density at radius 3 is 2.79 bits per heavy atom. The van der Waals surface area contributed by atoms with Gasteiger partial charge in [-0.25, -0.2) is 9.59 Å². The van der Waals surface area contributed by atoms with Crippen molar-refractivity contribution in [3.63, 3.8) is 0 Å². The molecule has 2 rings (SSSR count). The maximum absolute atomic E-state index is 12.5. The van der Waals surface area contributed by atoms with Crippen LogP contribution in [0.3, 0.4) is 0 Å². The van der Waals surface area contributed by atoms with Crippen LogP contribution >= 0.6 is 0 Å². The lowest BCUT2D eigenvalue weighted by Gasteiger charge is -2.37. The van der Waals surface area contributed by atoms with Crippen molar-refractivity contribution in [2.75, 3.05) is 26.8 Å². The molecule has 0 aromatic carbocycles. The molecule has 0 aromatic rings. The number of carboxylic acid groups (broad SMARTS) is 1. The van der Waals surface area contributed by atoms with Gasteiger partial charge in [0.25, 0.3) is 0 Å². The predicted molar refractivity (Wildman–Crippen MR) is 69.0 cm³/mol. The lowest BCUT2D eigenvalue weighted by molar-refractivity contribution is -0.148. The van der Waals surface area contributed by atoms with E-state index in [4.69, 9.17) is 4.74 Å². The Balaban J connectivity index is 2.15. The minimum Gasteiger partial charge on any atom is -0.479 e. The number of hydrogen-bond acceptors (Lipinski definition) is 3. The third-order valence-electron chi connectivity index (χ3n) is 4.46. The Labute approximate surface area is 113 Å². The fraction of sp³-hybridized carbons (Fsp3) is 0.846. The van der Waals surface area contributed by atoms with Gasteiger partial charge in [-0.1, -0.05) is 6.92 Å². The number of carbonyl (C=O) groups is 2. The van der Waals surface area contributed by atoms with Gasteiger partial charge in [0.1, 0.15) is 5.54 Å². The zero-order valence-electron chi connectivity index (χ0n) is 11.6. The van der Waals surface area contributed by atoms with E-state index >= 15 is 0 Å². The normalized spacial score (nSPS) is 30.6. The molecule has 2 aliphatic heterocycles. The molecule has 2 unspecified atom stereocenters. The van der Waals surface area contributed by atoms with E-state index in [2.05, 4.69) is 0 Å². The summed E-state index contributed by atoms with van der Waals surface area (Å²) in [5.74, 6) is -0.892. The largest absolute Gasteiger partial charge is 0.479 e. The van der Waals surface area contributed by atoms with Crippen LogP contribution in [0, 0.1) is 0 Å². The first-order valence-electron chi connectivity index (χ1n) is 6.88. The Bertz CT molecular complexity index is 368. The fourth-order valence-electron chi connectivity index (χ4n) is 3.07. The molecule has 2 amide bonds. The number of hydrogen-bond donors (Lipinski definition) is 1. The van der Waals surface area contributed by atoms with Crippen molar-refractivity contribution in [2.24, 2.45) is 0 Å². The summed E-state index contributed by atoms with van der Waals surface area (Å²) >= 11 is 0. The summed E-state index contributed by atoms with van der Waals surface area (Å²) in [5.41, 5.74) is -1.02. The van der Waals surface area contributed by atoms with Gasteiger partial charge in [-0.3, -0.25) is 0 Å². The van der Waals surface area contributed by atoms with Crippen LogP contribution in [0.25, 0.3) is 0 Å². The van der Waals surface area contributed by atoms with Gasteiger partial charge in [0.05, 0.1) is 12.6 Å². The summed E-state index contributed by atoms with van der Waals surface area (Å²) in [7, 11) is 1.74. The SMILES string of the molecule is CCC1(C(=O)O)CCCN1C(=O)N(C)C1CCOC1. The number of amides is 2. The zero-order valence-corrected chi connectivity index (χ0v) is 11.6. The van der Waals surface area contributed by atoms with Gasteiger partial charge >= 0.3 is 12.0 Å². The maximum atomic E-state index is 12.5. The number of carbonyl (C=O) groups excluding carboxylic acids is 1. The molecule has 19 heavy (non-hydrogen) atoms. The van der Waals surface area contributed by atoms with Gasteiger partial charge < -0.3 is 19.6 Å². The van der Waals surface area contributed by atoms with Crippen LogP contribution in [0.5, 0.6) is 0 Å². The van der Waals surface area contributed by atoms with Crippen LogP contribution in [0.2, 0.25) is 0 Å². The summed E-state index contributed by atoms with van der Waals surface area (Å²) in [6, 6.07) is -0.117. The molecule has 0 aromatic heterocycles. The summed E-state index contributed by atoms with van der Waals surface area (Å²) < 4.78 is 5.29. The van der Waals surface area contributed by atoms with Crippen LogP contribution in [-0.4, -0.2) is 65.3 Å². The van der Waals surface area contributed by atoms with E-state index in [9.17, 15) is 14.7 Å². The number of likely N-dealkylation sites (N-methyl/N-ethyl adjacent to an activating group) is 1. The standard InChI is InChI=1S/C13H22N2O4/c1-3-13(11(16)17)6-4-7-15(13)12(18)14(2)10-5-8-19-9-10/h10H,3-9H2,1-2H3,(H,16,17). The average Bonchev–Trinajstić information content (AvgIpc) is 3.06. The van der Waals surface area contributed by atoms with Crippen LogP contribution in [-0.2, 0) is 9.53 Å². The van der Waals surface area contributed by atoms with Crippen LogP contribution in [0.15, 0.2) is 0 Å². The van der Waals surface area contributed by atoms with Gasteiger partial charge in [0, 0.05) is 20.2 Å². The molecule has 6 nitrogen and oxygen atoms in total. The lowest BCUT2D eigenvalue weighted by atomic mass is 9.93. The zero-order chi connectivity index (χ0) is 14.0. The molecule has 2 atom stereocenters. The molecule has 2 heterocycles. The van der Waals surface area contributed by atoms with Crippen LogP contribution < -0.4 is 0 Å². The number of carboxylic acids is 1. The van der Waals surface area contributed by atoms with Crippen molar-refractivity contribution < 1.29 is 19.4 Å². The van der Waals surface area contributed by atoms with Gasteiger partial charge in [-0.05, 0) is 25.7 Å². The minimum absolute atomic E-state index is 0.0662. The lowest BCUT2D eigenvalue weighted by Crippen LogP contribution is -2.57. The first-order chi connectivity index (χ1) is 9.03. The second kappa shape index (κ2) is 5.36. The molecule has 2 aliphatic rings. The molecular weight excluding hydrogens is 248 g/mol. The number of urea groups is 1. The summed E-state index contributed by atoms with van der Waals surface area (Å²) in [5, 5.41) is 9.49. The highest BCUT2D eigenvalue weighted by atomic mass is 16.5. The van der Waals surface area contributed by atoms with Crippen molar-refractivity contribution in [1.82, 2.24) is 9.80 Å². The molecule has 6 heteroatoms. The van der Waals surface area contributed by atoms with Gasteiger partial charge in [-0.15, -0.1) is 0 Å². The average molecular weight is 270 g/mol. The van der Waals surface area contributed by atoms with Crippen molar-refractivity contribution in [2.45, 2.75) is 44.2 Å². The van der Waals surface area contributed by atoms with Crippen molar-refractivity contribution in [1.29, 1.82) is 0 Å². The van der Waals surface area contributed by atoms with E-state index < -0.39 is 11.5 Å². The van der Waals surface area contributed by atoms with E-state index in [1.807, 2.05) is 6.92 Å². The Kier molecular flexibility index (Phi) is 3.99. The van der Waals surface area contributed by atoms with E-state index in [0.29, 0.717) is 32.6 Å². The monoisotopic (exact) mass is 270 g/mol. The van der Waals surface area contributed by atoms with Crippen molar-refractivity contribution in [3.8, 4) is 0 Å². The highest BCUT2D eigenvalue weighted by Crippen LogP contribution is 2.34.